The highest BCUT2D eigenvalue weighted by Gasteiger charge is 2.04. The van der Waals surface area contributed by atoms with Gasteiger partial charge >= 0.3 is 0 Å². The maximum Gasteiger partial charge on any atom is 0.165 e. The molecule has 0 bridgehead atoms. The second-order valence-electron chi connectivity index (χ2n) is 3.54. The molecule has 0 spiro atoms. The molecule has 0 amide bonds. The summed E-state index contributed by atoms with van der Waals surface area (Å²) in [5, 5.41) is 0. The summed E-state index contributed by atoms with van der Waals surface area (Å²) < 4.78 is 23.9. The van der Waals surface area contributed by atoms with Gasteiger partial charge in [-0.3, -0.25) is 0 Å². The minimum absolute atomic E-state index is 0.169. The van der Waals surface area contributed by atoms with E-state index in [1.165, 1.54) is 6.07 Å². The third-order valence-electron chi connectivity index (χ3n) is 2.28. The van der Waals surface area contributed by atoms with Crippen molar-refractivity contribution in [3.63, 3.8) is 0 Å². The Kier molecular flexibility index (Phi) is 3.28. The highest BCUT2D eigenvalue weighted by molar-refractivity contribution is 5.38. The fraction of sp³-hybridized carbons (Fsp3) is 0.0714. The zero-order valence-electron chi connectivity index (χ0n) is 9.44. The van der Waals surface area contributed by atoms with Crippen LogP contribution in [0.25, 0.3) is 0 Å². The molecule has 3 heteroatoms. The standard InChI is InChI=1S/C14H12FO2/c1-10-3-8-13(15)14(9-10)17-12-6-4-11(16-2)5-7-12/h3-9H,1H2,2H3. The van der Waals surface area contributed by atoms with Crippen molar-refractivity contribution in [3.05, 3.63) is 60.8 Å². The van der Waals surface area contributed by atoms with E-state index in [4.69, 9.17) is 9.47 Å². The molecule has 0 heterocycles. The average Bonchev–Trinajstić information content (AvgIpc) is 2.35. The Morgan fingerprint density at radius 1 is 1.00 bits per heavy atom. The van der Waals surface area contributed by atoms with E-state index < -0.39 is 5.82 Å². The number of methoxy groups -OCH3 is 1. The van der Waals surface area contributed by atoms with Crippen LogP contribution in [0.1, 0.15) is 5.56 Å². The van der Waals surface area contributed by atoms with Crippen molar-refractivity contribution in [1.29, 1.82) is 0 Å². The quantitative estimate of drug-likeness (QED) is 0.799. The van der Waals surface area contributed by atoms with Gasteiger partial charge in [-0.05, 0) is 48.9 Å². The van der Waals surface area contributed by atoms with E-state index >= 15 is 0 Å². The van der Waals surface area contributed by atoms with Crippen LogP contribution in [0.5, 0.6) is 17.2 Å². The van der Waals surface area contributed by atoms with Gasteiger partial charge in [0.15, 0.2) is 11.6 Å². The molecule has 0 unspecified atom stereocenters. The van der Waals surface area contributed by atoms with Crippen LogP contribution in [0, 0.1) is 12.7 Å². The lowest BCUT2D eigenvalue weighted by Gasteiger charge is -2.08. The summed E-state index contributed by atoms with van der Waals surface area (Å²) in [5.41, 5.74) is 0.704. The van der Waals surface area contributed by atoms with Gasteiger partial charge in [-0.2, -0.15) is 0 Å². The molecular formula is C14H12FO2. The van der Waals surface area contributed by atoms with Gasteiger partial charge in [-0.15, -0.1) is 0 Å². The summed E-state index contributed by atoms with van der Waals surface area (Å²) in [7, 11) is 1.59. The van der Waals surface area contributed by atoms with Gasteiger partial charge in [0.2, 0.25) is 0 Å². The molecule has 2 aromatic rings. The van der Waals surface area contributed by atoms with Crippen LogP contribution in [0.15, 0.2) is 42.5 Å². The molecule has 0 saturated carbocycles. The number of ether oxygens (including phenoxy) is 2. The molecule has 0 aliphatic carbocycles. The topological polar surface area (TPSA) is 18.5 Å². The van der Waals surface area contributed by atoms with Crippen LogP contribution in [-0.2, 0) is 0 Å². The summed E-state index contributed by atoms with van der Waals surface area (Å²) >= 11 is 0. The minimum Gasteiger partial charge on any atom is -0.497 e. The Morgan fingerprint density at radius 3 is 2.29 bits per heavy atom. The van der Waals surface area contributed by atoms with Crippen molar-refractivity contribution >= 4 is 0 Å². The third kappa shape index (κ3) is 2.75. The first-order valence-electron chi connectivity index (χ1n) is 5.12. The molecule has 1 radical (unpaired) electrons. The molecule has 2 rings (SSSR count). The molecule has 0 saturated heterocycles. The van der Waals surface area contributed by atoms with E-state index in [9.17, 15) is 4.39 Å². The largest absolute Gasteiger partial charge is 0.497 e. The summed E-state index contributed by atoms with van der Waals surface area (Å²) in [6, 6.07) is 11.4. The molecule has 2 aromatic carbocycles. The Morgan fingerprint density at radius 2 is 1.65 bits per heavy atom. The van der Waals surface area contributed by atoms with E-state index in [0.29, 0.717) is 11.3 Å². The van der Waals surface area contributed by atoms with Crippen molar-refractivity contribution in [2.24, 2.45) is 0 Å². The Labute approximate surface area is 99.6 Å². The molecule has 0 aliphatic rings. The van der Waals surface area contributed by atoms with Gasteiger partial charge < -0.3 is 9.47 Å². The first-order chi connectivity index (χ1) is 8.19. The lowest BCUT2D eigenvalue weighted by Crippen LogP contribution is -1.89. The third-order valence-corrected chi connectivity index (χ3v) is 2.28. The summed E-state index contributed by atoms with van der Waals surface area (Å²) in [5.74, 6) is 1.04. The molecule has 17 heavy (non-hydrogen) atoms. The van der Waals surface area contributed by atoms with E-state index in [1.807, 2.05) is 0 Å². The van der Waals surface area contributed by atoms with Crippen molar-refractivity contribution in [2.45, 2.75) is 0 Å². The highest BCUT2D eigenvalue weighted by atomic mass is 19.1. The first-order valence-corrected chi connectivity index (χ1v) is 5.12. The Hall–Kier alpha value is -2.03. The molecule has 0 fully saturated rings. The SMILES string of the molecule is [CH2]c1ccc(F)c(Oc2ccc(OC)cc2)c1. The molecule has 87 valence electrons. The number of rotatable bonds is 3. The number of hydrogen-bond acceptors (Lipinski definition) is 2. The monoisotopic (exact) mass is 231 g/mol. The van der Waals surface area contributed by atoms with Crippen LogP contribution >= 0.6 is 0 Å². The average molecular weight is 231 g/mol. The Balaban J connectivity index is 2.22. The zero-order valence-corrected chi connectivity index (χ0v) is 9.44. The fourth-order valence-electron chi connectivity index (χ4n) is 1.40. The van der Waals surface area contributed by atoms with E-state index in [1.54, 1.807) is 43.5 Å². The van der Waals surface area contributed by atoms with Crippen molar-refractivity contribution in [2.75, 3.05) is 7.11 Å². The lowest BCUT2D eigenvalue weighted by atomic mass is 10.2. The van der Waals surface area contributed by atoms with Crippen LogP contribution in [0.2, 0.25) is 0 Å². The normalized spacial score (nSPS) is 10.1. The summed E-state index contributed by atoms with van der Waals surface area (Å²) in [4.78, 5) is 0. The summed E-state index contributed by atoms with van der Waals surface area (Å²) in [6.07, 6.45) is 0. The molecule has 0 aliphatic heterocycles. The van der Waals surface area contributed by atoms with E-state index in [-0.39, 0.29) is 5.75 Å². The smallest absolute Gasteiger partial charge is 0.165 e. The summed E-state index contributed by atoms with van der Waals surface area (Å²) in [6.45, 7) is 3.72. The lowest BCUT2D eigenvalue weighted by molar-refractivity contribution is 0.411. The van der Waals surface area contributed by atoms with Gasteiger partial charge in [0.25, 0.3) is 0 Å². The molecule has 0 N–H and O–H groups in total. The molecule has 0 atom stereocenters. The first kappa shape index (κ1) is 11.5. The molecular weight excluding hydrogens is 219 g/mol. The minimum atomic E-state index is -0.409. The van der Waals surface area contributed by atoms with Crippen LogP contribution in [-0.4, -0.2) is 7.11 Å². The van der Waals surface area contributed by atoms with Gasteiger partial charge in [0, 0.05) is 0 Å². The highest BCUT2D eigenvalue weighted by Crippen LogP contribution is 2.26. The number of hydrogen-bond donors (Lipinski definition) is 0. The maximum absolute atomic E-state index is 13.4. The fourth-order valence-corrected chi connectivity index (χ4v) is 1.40. The van der Waals surface area contributed by atoms with Crippen molar-refractivity contribution in [1.82, 2.24) is 0 Å². The van der Waals surface area contributed by atoms with Crippen molar-refractivity contribution < 1.29 is 13.9 Å². The van der Waals surface area contributed by atoms with Crippen LogP contribution in [0.4, 0.5) is 4.39 Å². The maximum atomic E-state index is 13.4. The molecule has 2 nitrogen and oxygen atoms in total. The predicted octanol–water partition coefficient (Wildman–Crippen LogP) is 3.81. The van der Waals surface area contributed by atoms with Gasteiger partial charge in [-0.25, -0.2) is 4.39 Å². The van der Waals surface area contributed by atoms with Crippen molar-refractivity contribution in [3.8, 4) is 17.2 Å². The predicted molar refractivity (Wildman–Crippen MR) is 63.9 cm³/mol. The zero-order chi connectivity index (χ0) is 12.3. The van der Waals surface area contributed by atoms with E-state index in [0.717, 1.165) is 5.75 Å². The molecule has 0 aromatic heterocycles. The van der Waals surface area contributed by atoms with Gasteiger partial charge in [0.05, 0.1) is 7.11 Å². The number of benzene rings is 2. The second kappa shape index (κ2) is 4.87. The van der Waals surface area contributed by atoms with Gasteiger partial charge in [-0.1, -0.05) is 6.07 Å². The van der Waals surface area contributed by atoms with E-state index in [2.05, 4.69) is 6.92 Å². The number of halogens is 1. The Bertz CT molecular complexity index is 506. The van der Waals surface area contributed by atoms with Crippen LogP contribution < -0.4 is 9.47 Å². The van der Waals surface area contributed by atoms with Gasteiger partial charge in [0.1, 0.15) is 11.5 Å². The second-order valence-corrected chi connectivity index (χ2v) is 3.54. The van der Waals surface area contributed by atoms with Crippen LogP contribution in [0.3, 0.4) is 0 Å².